The number of nitrogens with one attached hydrogen (secondary N) is 1. The Kier molecular flexibility index (Phi) is 6.47. The van der Waals surface area contributed by atoms with Gasteiger partial charge in [0, 0.05) is 23.5 Å². The third kappa shape index (κ3) is 5.11. The SMILES string of the molecule is CCc1cnc(NC(=O)CC(C)N)s1.Cl. The lowest BCUT2D eigenvalue weighted by atomic mass is 10.2. The van der Waals surface area contributed by atoms with E-state index in [4.69, 9.17) is 5.73 Å². The van der Waals surface area contributed by atoms with Crippen LogP contribution in [0.3, 0.4) is 0 Å². The molecule has 1 rings (SSSR count). The van der Waals surface area contributed by atoms with Gasteiger partial charge >= 0.3 is 0 Å². The predicted octanol–water partition coefficient (Wildman–Crippen LogP) is 1.80. The number of rotatable bonds is 4. The highest BCUT2D eigenvalue weighted by Gasteiger charge is 2.07. The summed E-state index contributed by atoms with van der Waals surface area (Å²) in [5.74, 6) is -0.0722. The summed E-state index contributed by atoms with van der Waals surface area (Å²) in [5, 5.41) is 3.38. The van der Waals surface area contributed by atoms with Crippen molar-refractivity contribution < 1.29 is 4.79 Å². The van der Waals surface area contributed by atoms with Crippen LogP contribution in [0.1, 0.15) is 25.1 Å². The lowest BCUT2D eigenvalue weighted by Gasteiger charge is -2.03. The fourth-order valence-corrected chi connectivity index (χ4v) is 1.76. The zero-order chi connectivity index (χ0) is 10.6. The minimum atomic E-state index is -0.111. The topological polar surface area (TPSA) is 68.0 Å². The first kappa shape index (κ1) is 14.3. The van der Waals surface area contributed by atoms with Crippen molar-refractivity contribution in [3.63, 3.8) is 0 Å². The van der Waals surface area contributed by atoms with Crippen molar-refractivity contribution in [2.24, 2.45) is 5.73 Å². The molecule has 0 spiro atoms. The molecule has 1 amide bonds. The van der Waals surface area contributed by atoms with Crippen LogP contribution in [0, 0.1) is 0 Å². The smallest absolute Gasteiger partial charge is 0.227 e. The van der Waals surface area contributed by atoms with Crippen LogP contribution in [0.4, 0.5) is 5.13 Å². The van der Waals surface area contributed by atoms with Crippen molar-refractivity contribution in [2.75, 3.05) is 5.32 Å². The molecule has 1 aromatic rings. The summed E-state index contributed by atoms with van der Waals surface area (Å²) in [4.78, 5) is 16.5. The first-order chi connectivity index (χ1) is 6.61. The third-order valence-electron chi connectivity index (χ3n) is 1.66. The summed E-state index contributed by atoms with van der Waals surface area (Å²) in [7, 11) is 0. The van der Waals surface area contributed by atoms with Crippen LogP contribution >= 0.6 is 23.7 Å². The number of thiazole rings is 1. The van der Waals surface area contributed by atoms with E-state index in [1.54, 1.807) is 13.1 Å². The zero-order valence-electron chi connectivity index (χ0n) is 8.82. The van der Waals surface area contributed by atoms with Crippen LogP contribution in [0.5, 0.6) is 0 Å². The van der Waals surface area contributed by atoms with Gasteiger partial charge in [-0.15, -0.1) is 23.7 Å². The maximum atomic E-state index is 11.3. The van der Waals surface area contributed by atoms with Gasteiger partial charge in [-0.3, -0.25) is 4.79 Å². The molecule has 1 heterocycles. The lowest BCUT2D eigenvalue weighted by Crippen LogP contribution is -2.23. The second-order valence-corrected chi connectivity index (χ2v) is 4.33. The Morgan fingerprint density at radius 2 is 2.40 bits per heavy atom. The molecule has 6 heteroatoms. The van der Waals surface area contributed by atoms with Gasteiger partial charge in [0.2, 0.25) is 5.91 Å². The Bertz CT molecular complexity index is 314. The van der Waals surface area contributed by atoms with Crippen LogP contribution < -0.4 is 11.1 Å². The molecule has 1 atom stereocenters. The Morgan fingerprint density at radius 1 is 1.73 bits per heavy atom. The molecule has 0 radical (unpaired) electrons. The van der Waals surface area contributed by atoms with E-state index in [1.165, 1.54) is 16.2 Å². The molecule has 0 bridgehead atoms. The van der Waals surface area contributed by atoms with Crippen molar-refractivity contribution in [1.82, 2.24) is 4.98 Å². The number of anilines is 1. The molecule has 0 fully saturated rings. The summed E-state index contributed by atoms with van der Waals surface area (Å²) < 4.78 is 0. The average molecular weight is 250 g/mol. The fourth-order valence-electron chi connectivity index (χ4n) is 0.991. The molecule has 1 unspecified atom stereocenters. The number of carbonyl (C=O) groups is 1. The first-order valence-electron chi connectivity index (χ1n) is 4.62. The molecular formula is C9H16ClN3OS. The van der Waals surface area contributed by atoms with Gasteiger partial charge in [0.05, 0.1) is 0 Å². The van der Waals surface area contributed by atoms with Crippen molar-refractivity contribution in [2.45, 2.75) is 32.7 Å². The van der Waals surface area contributed by atoms with Crippen LogP contribution in [-0.2, 0) is 11.2 Å². The van der Waals surface area contributed by atoms with E-state index in [1.807, 2.05) is 0 Å². The van der Waals surface area contributed by atoms with Gasteiger partial charge in [-0.25, -0.2) is 4.98 Å². The van der Waals surface area contributed by atoms with Gasteiger partial charge in [0.1, 0.15) is 0 Å². The van der Waals surface area contributed by atoms with E-state index in [2.05, 4.69) is 17.2 Å². The third-order valence-corrected chi connectivity index (χ3v) is 2.71. The van der Waals surface area contributed by atoms with Crippen LogP contribution in [0.25, 0.3) is 0 Å². The summed E-state index contributed by atoms with van der Waals surface area (Å²) in [6.45, 7) is 3.86. The van der Waals surface area contributed by atoms with Gasteiger partial charge in [0.15, 0.2) is 5.13 Å². The molecular weight excluding hydrogens is 234 g/mol. The van der Waals surface area contributed by atoms with E-state index < -0.39 is 0 Å². The number of aryl methyl sites for hydroxylation is 1. The standard InChI is InChI=1S/C9H15N3OS.ClH/c1-3-7-5-11-9(14-7)12-8(13)4-6(2)10;/h5-6H,3-4,10H2,1-2H3,(H,11,12,13);1H. The number of aromatic nitrogens is 1. The normalized spacial score (nSPS) is 11.7. The van der Waals surface area contributed by atoms with Crippen molar-refractivity contribution in [3.8, 4) is 0 Å². The van der Waals surface area contributed by atoms with Gasteiger partial charge < -0.3 is 11.1 Å². The van der Waals surface area contributed by atoms with Crippen molar-refractivity contribution in [1.29, 1.82) is 0 Å². The minimum absolute atomic E-state index is 0. The molecule has 0 saturated carbocycles. The second-order valence-electron chi connectivity index (χ2n) is 3.21. The lowest BCUT2D eigenvalue weighted by molar-refractivity contribution is -0.116. The largest absolute Gasteiger partial charge is 0.327 e. The Balaban J connectivity index is 0.00000196. The quantitative estimate of drug-likeness (QED) is 0.855. The molecule has 1 aromatic heterocycles. The maximum Gasteiger partial charge on any atom is 0.227 e. The van der Waals surface area contributed by atoms with E-state index in [0.29, 0.717) is 11.6 Å². The van der Waals surface area contributed by atoms with Gasteiger partial charge in [-0.2, -0.15) is 0 Å². The Hall–Kier alpha value is -0.650. The number of nitrogens with two attached hydrogens (primary N) is 1. The molecule has 0 aliphatic rings. The number of carbonyl (C=O) groups excluding carboxylic acids is 1. The zero-order valence-corrected chi connectivity index (χ0v) is 10.5. The highest BCUT2D eigenvalue weighted by atomic mass is 35.5. The second kappa shape index (κ2) is 6.76. The van der Waals surface area contributed by atoms with Crippen molar-refractivity contribution in [3.05, 3.63) is 11.1 Å². The number of nitrogens with zero attached hydrogens (tertiary/aromatic N) is 1. The van der Waals surface area contributed by atoms with E-state index in [0.717, 1.165) is 6.42 Å². The summed E-state index contributed by atoms with van der Waals surface area (Å²) in [6, 6.07) is -0.111. The highest BCUT2D eigenvalue weighted by Crippen LogP contribution is 2.18. The summed E-state index contributed by atoms with van der Waals surface area (Å²) in [6.07, 6.45) is 3.06. The molecule has 4 nitrogen and oxygen atoms in total. The average Bonchev–Trinajstić information content (AvgIpc) is 2.50. The summed E-state index contributed by atoms with van der Waals surface area (Å²) >= 11 is 1.50. The fraction of sp³-hybridized carbons (Fsp3) is 0.556. The molecule has 0 aromatic carbocycles. The number of hydrogen-bond acceptors (Lipinski definition) is 4. The molecule has 0 aliphatic heterocycles. The van der Waals surface area contributed by atoms with Crippen LogP contribution in [0.2, 0.25) is 0 Å². The Labute approximate surface area is 99.7 Å². The number of amides is 1. The van der Waals surface area contributed by atoms with E-state index in [9.17, 15) is 4.79 Å². The first-order valence-corrected chi connectivity index (χ1v) is 5.43. The van der Waals surface area contributed by atoms with Gasteiger partial charge in [0.25, 0.3) is 0 Å². The number of halogens is 1. The predicted molar refractivity (Wildman–Crippen MR) is 65.6 cm³/mol. The minimum Gasteiger partial charge on any atom is -0.327 e. The van der Waals surface area contributed by atoms with E-state index >= 15 is 0 Å². The highest BCUT2D eigenvalue weighted by molar-refractivity contribution is 7.15. The molecule has 15 heavy (non-hydrogen) atoms. The van der Waals surface area contributed by atoms with Gasteiger partial charge in [-0.05, 0) is 13.3 Å². The molecule has 0 aliphatic carbocycles. The molecule has 0 saturated heterocycles. The van der Waals surface area contributed by atoms with E-state index in [-0.39, 0.29) is 24.4 Å². The van der Waals surface area contributed by atoms with Crippen LogP contribution in [0.15, 0.2) is 6.20 Å². The van der Waals surface area contributed by atoms with Crippen molar-refractivity contribution >= 4 is 34.8 Å². The van der Waals surface area contributed by atoms with Crippen LogP contribution in [-0.4, -0.2) is 16.9 Å². The Morgan fingerprint density at radius 3 is 2.87 bits per heavy atom. The maximum absolute atomic E-state index is 11.3. The number of hydrogen-bond donors (Lipinski definition) is 2. The molecule has 86 valence electrons. The van der Waals surface area contributed by atoms with Gasteiger partial charge in [-0.1, -0.05) is 6.92 Å². The molecule has 3 N–H and O–H groups in total. The monoisotopic (exact) mass is 249 g/mol. The summed E-state index contributed by atoms with van der Waals surface area (Å²) in [5.41, 5.74) is 5.50.